The molecule has 144 valence electrons. The lowest BCUT2D eigenvalue weighted by Gasteiger charge is -2.33. The van der Waals surface area contributed by atoms with Gasteiger partial charge in [-0.25, -0.2) is 12.7 Å². The summed E-state index contributed by atoms with van der Waals surface area (Å²) in [5.74, 6) is 0.00145. The summed E-state index contributed by atoms with van der Waals surface area (Å²) in [7, 11) is -2.10. The highest BCUT2D eigenvalue weighted by molar-refractivity contribution is 7.89. The lowest BCUT2D eigenvalue weighted by molar-refractivity contribution is -0.134. The summed E-state index contributed by atoms with van der Waals surface area (Å²) in [6, 6.07) is 6.21. The van der Waals surface area contributed by atoms with E-state index < -0.39 is 10.0 Å². The molecule has 0 N–H and O–H groups in total. The third-order valence-corrected chi connectivity index (χ3v) is 6.83. The molecule has 0 aliphatic carbocycles. The molecule has 0 radical (unpaired) electrons. The standard InChI is InChI=1S/C19H28N2O4S/c1-15-7-4-5-14-21(15)19(23)8-6-13-20(3)26(24,25)18-11-9-17(10-12-18)16(2)22/h9-12,15H,4-8,13-14H2,1-3H3. The van der Waals surface area contributed by atoms with E-state index in [-0.39, 0.29) is 29.2 Å². The van der Waals surface area contributed by atoms with E-state index in [4.69, 9.17) is 0 Å². The van der Waals surface area contributed by atoms with E-state index in [1.807, 2.05) is 4.90 Å². The van der Waals surface area contributed by atoms with Crippen molar-refractivity contribution in [3.8, 4) is 0 Å². The van der Waals surface area contributed by atoms with Crippen LogP contribution in [0.2, 0.25) is 0 Å². The van der Waals surface area contributed by atoms with Crippen LogP contribution < -0.4 is 0 Å². The van der Waals surface area contributed by atoms with Crippen LogP contribution in [0, 0.1) is 0 Å². The number of likely N-dealkylation sites (tertiary alicyclic amines) is 1. The second-order valence-electron chi connectivity index (χ2n) is 6.94. The number of piperidine rings is 1. The summed E-state index contributed by atoms with van der Waals surface area (Å²) in [5, 5.41) is 0. The molecule has 1 atom stereocenters. The molecule has 0 spiro atoms. The highest BCUT2D eigenvalue weighted by Crippen LogP contribution is 2.19. The van der Waals surface area contributed by atoms with Gasteiger partial charge in [-0.1, -0.05) is 12.1 Å². The maximum absolute atomic E-state index is 12.6. The highest BCUT2D eigenvalue weighted by Gasteiger charge is 2.24. The number of rotatable bonds is 7. The summed E-state index contributed by atoms with van der Waals surface area (Å²) in [6.07, 6.45) is 4.09. The number of amides is 1. The van der Waals surface area contributed by atoms with Gasteiger partial charge in [0, 0.05) is 38.2 Å². The van der Waals surface area contributed by atoms with Crippen molar-refractivity contribution in [2.45, 2.75) is 56.9 Å². The Kier molecular flexibility index (Phi) is 6.94. The Labute approximate surface area is 156 Å². The topological polar surface area (TPSA) is 74.8 Å². The number of carbonyl (C=O) groups is 2. The molecule has 1 aromatic carbocycles. The van der Waals surface area contributed by atoms with E-state index in [2.05, 4.69) is 6.92 Å². The molecule has 7 heteroatoms. The van der Waals surface area contributed by atoms with Crippen molar-refractivity contribution >= 4 is 21.7 Å². The van der Waals surface area contributed by atoms with Crippen LogP contribution in [-0.4, -0.2) is 55.5 Å². The normalized spacial score (nSPS) is 18.2. The van der Waals surface area contributed by atoms with Gasteiger partial charge in [0.2, 0.25) is 15.9 Å². The zero-order valence-electron chi connectivity index (χ0n) is 15.8. The van der Waals surface area contributed by atoms with Gasteiger partial charge >= 0.3 is 0 Å². The van der Waals surface area contributed by atoms with Crippen LogP contribution in [-0.2, 0) is 14.8 Å². The third-order valence-electron chi connectivity index (χ3n) is 4.96. The van der Waals surface area contributed by atoms with Crippen LogP contribution in [0.4, 0.5) is 0 Å². The van der Waals surface area contributed by atoms with Gasteiger partial charge in [-0.3, -0.25) is 9.59 Å². The summed E-state index contributed by atoms with van der Waals surface area (Å²) in [4.78, 5) is 25.7. The monoisotopic (exact) mass is 380 g/mol. The van der Waals surface area contributed by atoms with Crippen LogP contribution in [0.1, 0.15) is 56.3 Å². The molecule has 1 aliphatic heterocycles. The molecule has 1 aromatic rings. The molecule has 0 aromatic heterocycles. The van der Waals surface area contributed by atoms with E-state index in [9.17, 15) is 18.0 Å². The smallest absolute Gasteiger partial charge is 0.242 e. The number of hydrogen-bond acceptors (Lipinski definition) is 4. The summed E-state index contributed by atoms with van der Waals surface area (Å²) in [6.45, 7) is 4.59. The molecule has 2 rings (SSSR count). The quantitative estimate of drug-likeness (QED) is 0.682. The molecular formula is C19H28N2O4S. The third kappa shape index (κ3) is 4.92. The molecule has 1 fully saturated rings. The van der Waals surface area contributed by atoms with Crippen molar-refractivity contribution < 1.29 is 18.0 Å². The first-order chi connectivity index (χ1) is 12.2. The Morgan fingerprint density at radius 3 is 2.42 bits per heavy atom. The molecule has 1 heterocycles. The Bertz CT molecular complexity index is 743. The van der Waals surface area contributed by atoms with Gasteiger partial charge in [-0.15, -0.1) is 0 Å². The molecular weight excluding hydrogens is 352 g/mol. The van der Waals surface area contributed by atoms with Gasteiger partial charge in [-0.05, 0) is 51.7 Å². The van der Waals surface area contributed by atoms with Crippen molar-refractivity contribution in [2.75, 3.05) is 20.1 Å². The van der Waals surface area contributed by atoms with Gasteiger partial charge in [-0.2, -0.15) is 0 Å². The molecule has 26 heavy (non-hydrogen) atoms. The Balaban J connectivity index is 1.90. The van der Waals surface area contributed by atoms with Gasteiger partial charge in [0.1, 0.15) is 0 Å². The van der Waals surface area contributed by atoms with Crippen LogP contribution >= 0.6 is 0 Å². The van der Waals surface area contributed by atoms with Crippen molar-refractivity contribution in [3.05, 3.63) is 29.8 Å². The summed E-state index contributed by atoms with van der Waals surface area (Å²) >= 11 is 0. The molecule has 0 bridgehead atoms. The van der Waals surface area contributed by atoms with Crippen molar-refractivity contribution in [3.63, 3.8) is 0 Å². The first-order valence-corrected chi connectivity index (χ1v) is 10.5. The number of ketones is 1. The van der Waals surface area contributed by atoms with Crippen molar-refractivity contribution in [2.24, 2.45) is 0 Å². The van der Waals surface area contributed by atoms with Crippen LogP contribution in [0.25, 0.3) is 0 Å². The minimum atomic E-state index is -3.62. The number of benzene rings is 1. The van der Waals surface area contributed by atoms with Crippen LogP contribution in [0.15, 0.2) is 29.2 Å². The second kappa shape index (κ2) is 8.77. The van der Waals surface area contributed by atoms with E-state index >= 15 is 0 Å². The fourth-order valence-corrected chi connectivity index (χ4v) is 4.44. The number of nitrogens with zero attached hydrogens (tertiary/aromatic N) is 2. The first-order valence-electron chi connectivity index (χ1n) is 9.10. The van der Waals surface area contributed by atoms with E-state index in [0.29, 0.717) is 18.4 Å². The fourth-order valence-electron chi connectivity index (χ4n) is 3.23. The Morgan fingerprint density at radius 2 is 1.85 bits per heavy atom. The van der Waals surface area contributed by atoms with Crippen molar-refractivity contribution in [1.29, 1.82) is 0 Å². The minimum absolute atomic E-state index is 0.104. The number of Topliss-reactive ketones (excluding diaryl/α,β-unsaturated/α-hetero) is 1. The summed E-state index contributed by atoms with van der Waals surface area (Å²) < 4.78 is 26.4. The van der Waals surface area contributed by atoms with Gasteiger partial charge in [0.25, 0.3) is 0 Å². The lowest BCUT2D eigenvalue weighted by atomic mass is 10.0. The average molecular weight is 381 g/mol. The number of hydrogen-bond donors (Lipinski definition) is 0. The molecule has 1 aliphatic rings. The van der Waals surface area contributed by atoms with E-state index in [0.717, 1.165) is 25.8 Å². The lowest BCUT2D eigenvalue weighted by Crippen LogP contribution is -2.42. The van der Waals surface area contributed by atoms with E-state index in [1.165, 1.54) is 42.5 Å². The molecule has 1 saturated heterocycles. The average Bonchev–Trinajstić information content (AvgIpc) is 2.61. The maximum Gasteiger partial charge on any atom is 0.242 e. The predicted octanol–water partition coefficient (Wildman–Crippen LogP) is 2.69. The van der Waals surface area contributed by atoms with Crippen LogP contribution in [0.3, 0.4) is 0 Å². The SMILES string of the molecule is CC(=O)c1ccc(S(=O)(=O)N(C)CCCC(=O)N2CCCCC2C)cc1. The molecule has 0 saturated carbocycles. The summed E-state index contributed by atoms with van der Waals surface area (Å²) in [5.41, 5.74) is 0.479. The number of sulfonamides is 1. The van der Waals surface area contributed by atoms with E-state index in [1.54, 1.807) is 0 Å². The maximum atomic E-state index is 12.6. The second-order valence-corrected chi connectivity index (χ2v) is 8.99. The zero-order chi connectivity index (χ0) is 19.3. The largest absolute Gasteiger partial charge is 0.340 e. The Hall–Kier alpha value is -1.73. The van der Waals surface area contributed by atoms with Gasteiger partial charge in [0.15, 0.2) is 5.78 Å². The Morgan fingerprint density at radius 1 is 1.19 bits per heavy atom. The minimum Gasteiger partial charge on any atom is -0.340 e. The first kappa shape index (κ1) is 20.6. The predicted molar refractivity (Wildman–Crippen MR) is 101 cm³/mol. The molecule has 1 unspecified atom stereocenters. The molecule has 6 nitrogen and oxygen atoms in total. The van der Waals surface area contributed by atoms with Gasteiger partial charge < -0.3 is 4.90 Å². The fraction of sp³-hybridized carbons (Fsp3) is 0.579. The highest BCUT2D eigenvalue weighted by atomic mass is 32.2. The van der Waals surface area contributed by atoms with Gasteiger partial charge in [0.05, 0.1) is 4.90 Å². The molecule has 1 amide bonds. The number of carbonyl (C=O) groups excluding carboxylic acids is 2. The van der Waals surface area contributed by atoms with Crippen molar-refractivity contribution in [1.82, 2.24) is 9.21 Å². The van der Waals surface area contributed by atoms with Crippen LogP contribution in [0.5, 0.6) is 0 Å². The zero-order valence-corrected chi connectivity index (χ0v) is 16.6.